The second-order valence-corrected chi connectivity index (χ2v) is 5.64. The van der Waals surface area contributed by atoms with E-state index in [0.29, 0.717) is 12.6 Å². The highest BCUT2D eigenvalue weighted by Crippen LogP contribution is 2.10. The lowest BCUT2D eigenvalue weighted by Gasteiger charge is -2.32. The molecule has 1 aliphatic rings. The first-order chi connectivity index (χ1) is 10.6. The lowest BCUT2D eigenvalue weighted by Crippen LogP contribution is -2.50. The summed E-state index contributed by atoms with van der Waals surface area (Å²) in [6, 6.07) is 7.52. The van der Waals surface area contributed by atoms with E-state index in [2.05, 4.69) is 16.0 Å². The van der Waals surface area contributed by atoms with Gasteiger partial charge in [-0.2, -0.15) is 0 Å². The van der Waals surface area contributed by atoms with Crippen molar-refractivity contribution in [1.82, 2.24) is 15.5 Å². The minimum atomic E-state index is -0.360. The maximum atomic E-state index is 12.1. The molecule has 0 radical (unpaired) electrons. The molecule has 1 unspecified atom stereocenters. The molecule has 1 atom stereocenters. The number of nitrogens with one attached hydrogen (secondary N) is 3. The van der Waals surface area contributed by atoms with Gasteiger partial charge in [0.25, 0.3) is 0 Å². The molecule has 3 N–H and O–H groups in total. The SMILES string of the molecule is CNC1CCCN(C(=O)CNC(=O)Nc2cccc(C)c2)C1. The van der Waals surface area contributed by atoms with E-state index < -0.39 is 0 Å². The summed E-state index contributed by atoms with van der Waals surface area (Å²) in [5, 5.41) is 8.54. The first-order valence-corrected chi connectivity index (χ1v) is 7.65. The van der Waals surface area contributed by atoms with E-state index in [1.807, 2.05) is 38.2 Å². The van der Waals surface area contributed by atoms with Crippen LogP contribution in [0.5, 0.6) is 0 Å². The van der Waals surface area contributed by atoms with Gasteiger partial charge < -0.3 is 20.9 Å². The molecule has 1 saturated heterocycles. The van der Waals surface area contributed by atoms with E-state index >= 15 is 0 Å². The minimum Gasteiger partial charge on any atom is -0.340 e. The Morgan fingerprint density at radius 2 is 2.18 bits per heavy atom. The Morgan fingerprint density at radius 1 is 1.36 bits per heavy atom. The third-order valence-corrected chi connectivity index (χ3v) is 3.86. The van der Waals surface area contributed by atoms with Crippen LogP contribution in [0.2, 0.25) is 0 Å². The molecule has 1 aromatic rings. The number of amides is 3. The van der Waals surface area contributed by atoms with Gasteiger partial charge in [0.1, 0.15) is 0 Å². The quantitative estimate of drug-likeness (QED) is 0.785. The Bertz CT molecular complexity index is 533. The van der Waals surface area contributed by atoms with Gasteiger partial charge in [0.2, 0.25) is 5.91 Å². The molecule has 0 spiro atoms. The van der Waals surface area contributed by atoms with Crippen molar-refractivity contribution in [2.24, 2.45) is 0 Å². The Kier molecular flexibility index (Phi) is 5.77. The molecule has 0 aromatic heterocycles. The van der Waals surface area contributed by atoms with Crippen molar-refractivity contribution >= 4 is 17.6 Å². The Labute approximate surface area is 131 Å². The average Bonchev–Trinajstić information content (AvgIpc) is 2.52. The molecule has 120 valence electrons. The summed E-state index contributed by atoms with van der Waals surface area (Å²) >= 11 is 0. The van der Waals surface area contributed by atoms with Crippen LogP contribution in [0.25, 0.3) is 0 Å². The summed E-state index contributed by atoms with van der Waals surface area (Å²) in [4.78, 5) is 25.8. The number of nitrogens with zero attached hydrogens (tertiary/aromatic N) is 1. The topological polar surface area (TPSA) is 73.5 Å². The second kappa shape index (κ2) is 7.79. The summed E-state index contributed by atoms with van der Waals surface area (Å²) in [5.41, 5.74) is 1.79. The van der Waals surface area contributed by atoms with Crippen LogP contribution >= 0.6 is 0 Å². The standard InChI is InChI=1S/C16H24N4O2/c1-12-5-3-6-13(9-12)19-16(22)18-10-15(21)20-8-4-7-14(11-20)17-2/h3,5-6,9,14,17H,4,7-8,10-11H2,1-2H3,(H2,18,19,22). The van der Waals surface area contributed by atoms with Crippen LogP contribution in [0, 0.1) is 6.92 Å². The molecule has 22 heavy (non-hydrogen) atoms. The molecule has 1 fully saturated rings. The number of piperidine rings is 1. The van der Waals surface area contributed by atoms with E-state index in [4.69, 9.17) is 0 Å². The van der Waals surface area contributed by atoms with Crippen molar-refractivity contribution in [2.75, 3.05) is 32.0 Å². The lowest BCUT2D eigenvalue weighted by atomic mass is 10.1. The van der Waals surface area contributed by atoms with Gasteiger partial charge in [-0.15, -0.1) is 0 Å². The van der Waals surface area contributed by atoms with E-state index in [0.717, 1.165) is 30.6 Å². The number of benzene rings is 1. The molecule has 0 bridgehead atoms. The zero-order chi connectivity index (χ0) is 15.9. The van der Waals surface area contributed by atoms with Gasteiger partial charge >= 0.3 is 6.03 Å². The van der Waals surface area contributed by atoms with Gasteiger partial charge in [-0.3, -0.25) is 4.79 Å². The lowest BCUT2D eigenvalue weighted by molar-refractivity contribution is -0.131. The van der Waals surface area contributed by atoms with Gasteiger partial charge in [0, 0.05) is 24.8 Å². The number of likely N-dealkylation sites (N-methyl/N-ethyl adjacent to an activating group) is 1. The molecule has 1 heterocycles. The summed E-state index contributed by atoms with van der Waals surface area (Å²) < 4.78 is 0. The second-order valence-electron chi connectivity index (χ2n) is 5.64. The molecular formula is C16H24N4O2. The monoisotopic (exact) mass is 304 g/mol. The van der Waals surface area contributed by atoms with Crippen LogP contribution in [0.1, 0.15) is 18.4 Å². The summed E-state index contributed by atoms with van der Waals surface area (Å²) in [5.74, 6) is -0.0423. The predicted octanol–water partition coefficient (Wildman–Crippen LogP) is 1.33. The van der Waals surface area contributed by atoms with Gasteiger partial charge in [-0.05, 0) is 44.5 Å². The number of hydrogen-bond donors (Lipinski definition) is 3. The van der Waals surface area contributed by atoms with Crippen LogP contribution in [-0.2, 0) is 4.79 Å². The highest BCUT2D eigenvalue weighted by Gasteiger charge is 2.22. The summed E-state index contributed by atoms with van der Waals surface area (Å²) in [7, 11) is 1.91. The number of hydrogen-bond acceptors (Lipinski definition) is 3. The highest BCUT2D eigenvalue weighted by atomic mass is 16.2. The number of aryl methyl sites for hydroxylation is 1. The van der Waals surface area contributed by atoms with Gasteiger partial charge in [-0.1, -0.05) is 12.1 Å². The Morgan fingerprint density at radius 3 is 2.91 bits per heavy atom. The average molecular weight is 304 g/mol. The van der Waals surface area contributed by atoms with E-state index in [9.17, 15) is 9.59 Å². The normalized spacial score (nSPS) is 17.9. The van der Waals surface area contributed by atoms with E-state index in [1.54, 1.807) is 4.90 Å². The van der Waals surface area contributed by atoms with Crippen molar-refractivity contribution in [3.05, 3.63) is 29.8 Å². The maximum Gasteiger partial charge on any atom is 0.319 e. The van der Waals surface area contributed by atoms with Gasteiger partial charge in [0.15, 0.2) is 0 Å². The molecule has 0 saturated carbocycles. The van der Waals surface area contributed by atoms with Crippen molar-refractivity contribution in [3.8, 4) is 0 Å². The number of carbonyl (C=O) groups excluding carboxylic acids is 2. The zero-order valence-corrected chi connectivity index (χ0v) is 13.2. The molecule has 1 aliphatic heterocycles. The summed E-state index contributed by atoms with van der Waals surface area (Å²) in [6.07, 6.45) is 2.08. The number of rotatable bonds is 4. The Balaban J connectivity index is 1.77. The fraction of sp³-hybridized carbons (Fsp3) is 0.500. The van der Waals surface area contributed by atoms with E-state index in [-0.39, 0.29) is 18.5 Å². The van der Waals surface area contributed by atoms with Crippen LogP contribution in [0.3, 0.4) is 0 Å². The molecule has 0 aliphatic carbocycles. The first kappa shape index (κ1) is 16.3. The Hall–Kier alpha value is -2.08. The fourth-order valence-electron chi connectivity index (χ4n) is 2.61. The zero-order valence-electron chi connectivity index (χ0n) is 13.2. The molecule has 6 heteroatoms. The first-order valence-electron chi connectivity index (χ1n) is 7.65. The van der Waals surface area contributed by atoms with Crippen LogP contribution in [0.15, 0.2) is 24.3 Å². The molecular weight excluding hydrogens is 280 g/mol. The van der Waals surface area contributed by atoms with Crippen molar-refractivity contribution in [1.29, 1.82) is 0 Å². The highest BCUT2D eigenvalue weighted by molar-refractivity contribution is 5.92. The smallest absolute Gasteiger partial charge is 0.319 e. The van der Waals surface area contributed by atoms with Crippen molar-refractivity contribution in [3.63, 3.8) is 0 Å². The van der Waals surface area contributed by atoms with E-state index in [1.165, 1.54) is 0 Å². The number of likely N-dealkylation sites (tertiary alicyclic amines) is 1. The third-order valence-electron chi connectivity index (χ3n) is 3.86. The van der Waals surface area contributed by atoms with Gasteiger partial charge in [0.05, 0.1) is 6.54 Å². The predicted molar refractivity (Wildman–Crippen MR) is 86.9 cm³/mol. The van der Waals surface area contributed by atoms with Crippen LogP contribution in [-0.4, -0.2) is 49.6 Å². The molecule has 3 amide bonds. The molecule has 1 aromatic carbocycles. The van der Waals surface area contributed by atoms with Crippen LogP contribution in [0.4, 0.5) is 10.5 Å². The van der Waals surface area contributed by atoms with Crippen LogP contribution < -0.4 is 16.0 Å². The van der Waals surface area contributed by atoms with Crippen molar-refractivity contribution < 1.29 is 9.59 Å². The van der Waals surface area contributed by atoms with Gasteiger partial charge in [-0.25, -0.2) is 4.79 Å². The van der Waals surface area contributed by atoms with Crippen molar-refractivity contribution in [2.45, 2.75) is 25.8 Å². The maximum absolute atomic E-state index is 12.1. The number of urea groups is 1. The third kappa shape index (κ3) is 4.73. The number of anilines is 1. The molecule has 6 nitrogen and oxygen atoms in total. The number of carbonyl (C=O) groups is 2. The molecule has 2 rings (SSSR count). The fourth-order valence-corrected chi connectivity index (χ4v) is 2.61. The minimum absolute atomic E-state index is 0.0219. The largest absolute Gasteiger partial charge is 0.340 e. The summed E-state index contributed by atoms with van der Waals surface area (Å²) in [6.45, 7) is 3.45.